The van der Waals surface area contributed by atoms with Crippen LogP contribution in [0.25, 0.3) is 0 Å². The topological polar surface area (TPSA) is 39.2 Å². The maximum Gasteiger partial charge on any atom is 0.118 e. The van der Waals surface area contributed by atoms with Crippen molar-refractivity contribution in [2.75, 3.05) is 6.54 Å². The van der Waals surface area contributed by atoms with Crippen molar-refractivity contribution in [2.24, 2.45) is 5.73 Å². The highest BCUT2D eigenvalue weighted by Gasteiger charge is 2.12. The highest BCUT2D eigenvalue weighted by atomic mass is 32.2. The second kappa shape index (κ2) is 5.94. The van der Waals surface area contributed by atoms with E-state index in [2.05, 4.69) is 31.2 Å². The molecule has 2 nitrogen and oxygen atoms in total. The summed E-state index contributed by atoms with van der Waals surface area (Å²) in [5, 5.41) is 0.241. The van der Waals surface area contributed by atoms with Gasteiger partial charge in [-0.15, -0.1) is 11.8 Å². The fourth-order valence-electron chi connectivity index (χ4n) is 1.74. The van der Waals surface area contributed by atoms with Gasteiger partial charge in [-0.1, -0.05) is 29.8 Å². The summed E-state index contributed by atoms with van der Waals surface area (Å²) in [5.74, 6) is 1.93. The van der Waals surface area contributed by atoms with Crippen LogP contribution in [0, 0.1) is 6.92 Å². The van der Waals surface area contributed by atoms with Crippen LogP contribution in [0.3, 0.4) is 0 Å². The summed E-state index contributed by atoms with van der Waals surface area (Å²) in [6.07, 6.45) is 1.70. The van der Waals surface area contributed by atoms with Crippen molar-refractivity contribution in [1.29, 1.82) is 0 Å². The number of benzene rings is 1. The van der Waals surface area contributed by atoms with E-state index in [1.807, 2.05) is 23.9 Å². The molecule has 2 N–H and O–H groups in total. The van der Waals surface area contributed by atoms with Crippen LogP contribution in [0.1, 0.15) is 22.1 Å². The minimum Gasteiger partial charge on any atom is -0.468 e. The molecule has 1 heterocycles. The summed E-state index contributed by atoms with van der Waals surface area (Å²) in [4.78, 5) is 0. The fourth-order valence-corrected chi connectivity index (χ4v) is 2.75. The van der Waals surface area contributed by atoms with Gasteiger partial charge < -0.3 is 10.2 Å². The van der Waals surface area contributed by atoms with Crippen LogP contribution in [0.4, 0.5) is 0 Å². The standard InChI is InChI=1S/C14H17NOS/c1-11-4-2-5-12(8-11)10-17-14(9-15)13-6-3-7-16-13/h2-8,14H,9-10,15H2,1H3. The molecule has 0 aliphatic carbocycles. The lowest BCUT2D eigenvalue weighted by atomic mass is 10.2. The van der Waals surface area contributed by atoms with E-state index in [9.17, 15) is 0 Å². The van der Waals surface area contributed by atoms with Gasteiger partial charge in [-0.25, -0.2) is 0 Å². The van der Waals surface area contributed by atoms with Crippen LogP contribution in [0.2, 0.25) is 0 Å². The molecular formula is C14H17NOS. The summed E-state index contributed by atoms with van der Waals surface area (Å²) in [5.41, 5.74) is 8.41. The van der Waals surface area contributed by atoms with Crippen molar-refractivity contribution >= 4 is 11.8 Å². The second-order valence-corrected chi connectivity index (χ2v) is 5.23. The number of hydrogen-bond donors (Lipinski definition) is 1. The van der Waals surface area contributed by atoms with E-state index < -0.39 is 0 Å². The molecule has 17 heavy (non-hydrogen) atoms. The molecule has 0 saturated carbocycles. The van der Waals surface area contributed by atoms with E-state index in [4.69, 9.17) is 10.2 Å². The summed E-state index contributed by atoms with van der Waals surface area (Å²) < 4.78 is 5.40. The Labute approximate surface area is 106 Å². The first-order valence-electron chi connectivity index (χ1n) is 5.70. The number of rotatable bonds is 5. The van der Waals surface area contributed by atoms with Gasteiger partial charge >= 0.3 is 0 Å². The predicted octanol–water partition coefficient (Wildman–Crippen LogP) is 3.52. The minimum atomic E-state index is 0.241. The largest absolute Gasteiger partial charge is 0.468 e. The third-order valence-electron chi connectivity index (χ3n) is 2.61. The average molecular weight is 247 g/mol. The van der Waals surface area contributed by atoms with Crippen LogP contribution in [0.5, 0.6) is 0 Å². The Kier molecular flexibility index (Phi) is 4.29. The van der Waals surface area contributed by atoms with Crippen LogP contribution in [0.15, 0.2) is 47.1 Å². The van der Waals surface area contributed by atoms with Crippen LogP contribution >= 0.6 is 11.8 Å². The van der Waals surface area contributed by atoms with E-state index >= 15 is 0 Å². The van der Waals surface area contributed by atoms with Gasteiger partial charge in [0, 0.05) is 12.3 Å². The van der Waals surface area contributed by atoms with Crippen molar-refractivity contribution < 1.29 is 4.42 Å². The number of aryl methyl sites for hydroxylation is 1. The molecule has 1 aromatic carbocycles. The monoisotopic (exact) mass is 247 g/mol. The van der Waals surface area contributed by atoms with Crippen molar-refractivity contribution in [3.8, 4) is 0 Å². The Bertz CT molecular complexity index is 453. The molecular weight excluding hydrogens is 230 g/mol. The van der Waals surface area contributed by atoms with Crippen molar-refractivity contribution in [3.63, 3.8) is 0 Å². The predicted molar refractivity (Wildman–Crippen MR) is 73.0 cm³/mol. The molecule has 90 valence electrons. The molecule has 0 aliphatic rings. The molecule has 0 saturated heterocycles. The van der Waals surface area contributed by atoms with Crippen molar-refractivity contribution in [2.45, 2.75) is 17.9 Å². The molecule has 2 rings (SSSR count). The van der Waals surface area contributed by atoms with Crippen LogP contribution in [-0.2, 0) is 5.75 Å². The number of hydrogen-bond acceptors (Lipinski definition) is 3. The molecule has 0 spiro atoms. The van der Waals surface area contributed by atoms with Gasteiger partial charge in [0.15, 0.2) is 0 Å². The lowest BCUT2D eigenvalue weighted by molar-refractivity contribution is 0.507. The van der Waals surface area contributed by atoms with E-state index in [1.165, 1.54) is 11.1 Å². The normalized spacial score (nSPS) is 12.6. The Hall–Kier alpha value is -1.19. The lowest BCUT2D eigenvalue weighted by Crippen LogP contribution is -2.08. The van der Waals surface area contributed by atoms with Gasteiger partial charge in [0.1, 0.15) is 5.76 Å². The summed E-state index contributed by atoms with van der Waals surface area (Å²) in [7, 11) is 0. The van der Waals surface area contributed by atoms with Gasteiger partial charge in [0.05, 0.1) is 11.5 Å². The smallest absolute Gasteiger partial charge is 0.118 e. The maximum atomic E-state index is 5.78. The van der Waals surface area contributed by atoms with Crippen LogP contribution in [-0.4, -0.2) is 6.54 Å². The van der Waals surface area contributed by atoms with E-state index in [0.717, 1.165) is 11.5 Å². The first-order valence-corrected chi connectivity index (χ1v) is 6.75. The molecule has 1 aromatic heterocycles. The quantitative estimate of drug-likeness (QED) is 0.878. The van der Waals surface area contributed by atoms with Crippen molar-refractivity contribution in [1.82, 2.24) is 0 Å². The van der Waals surface area contributed by atoms with Crippen molar-refractivity contribution in [3.05, 3.63) is 59.5 Å². The zero-order valence-corrected chi connectivity index (χ0v) is 10.7. The molecule has 1 atom stereocenters. The first kappa shape index (κ1) is 12.3. The van der Waals surface area contributed by atoms with Gasteiger partial charge in [0.2, 0.25) is 0 Å². The molecule has 0 aliphatic heterocycles. The molecule has 1 unspecified atom stereocenters. The van der Waals surface area contributed by atoms with Gasteiger partial charge in [-0.2, -0.15) is 0 Å². The Morgan fingerprint density at radius 2 is 2.18 bits per heavy atom. The highest BCUT2D eigenvalue weighted by Crippen LogP contribution is 2.30. The second-order valence-electron chi connectivity index (χ2n) is 4.04. The molecule has 0 radical (unpaired) electrons. The van der Waals surface area contributed by atoms with Crippen LogP contribution < -0.4 is 5.73 Å². The number of nitrogens with two attached hydrogens (primary N) is 1. The summed E-state index contributed by atoms with van der Waals surface area (Å²) in [6.45, 7) is 2.71. The van der Waals surface area contributed by atoms with Gasteiger partial charge in [-0.05, 0) is 24.6 Å². The third kappa shape index (κ3) is 3.38. The molecule has 3 heteroatoms. The molecule has 2 aromatic rings. The SMILES string of the molecule is Cc1cccc(CSC(CN)c2ccco2)c1. The molecule has 0 fully saturated rings. The maximum absolute atomic E-state index is 5.78. The van der Waals surface area contributed by atoms with E-state index in [-0.39, 0.29) is 5.25 Å². The Morgan fingerprint density at radius 3 is 2.82 bits per heavy atom. The van der Waals surface area contributed by atoms with E-state index in [1.54, 1.807) is 6.26 Å². The average Bonchev–Trinajstić information content (AvgIpc) is 2.84. The zero-order chi connectivity index (χ0) is 12.1. The Morgan fingerprint density at radius 1 is 1.29 bits per heavy atom. The first-order chi connectivity index (χ1) is 8.29. The minimum absolute atomic E-state index is 0.241. The van der Waals surface area contributed by atoms with E-state index in [0.29, 0.717) is 6.54 Å². The molecule has 0 amide bonds. The number of furan rings is 1. The molecule has 0 bridgehead atoms. The number of thioether (sulfide) groups is 1. The summed E-state index contributed by atoms with van der Waals surface area (Å²) in [6, 6.07) is 12.5. The zero-order valence-electron chi connectivity index (χ0n) is 9.93. The van der Waals surface area contributed by atoms with Gasteiger partial charge in [0.25, 0.3) is 0 Å². The fraction of sp³-hybridized carbons (Fsp3) is 0.286. The Balaban J connectivity index is 1.97. The highest BCUT2D eigenvalue weighted by molar-refractivity contribution is 7.98. The lowest BCUT2D eigenvalue weighted by Gasteiger charge is -2.11. The third-order valence-corrected chi connectivity index (χ3v) is 3.94. The summed E-state index contributed by atoms with van der Waals surface area (Å²) >= 11 is 1.82. The van der Waals surface area contributed by atoms with Gasteiger partial charge in [-0.3, -0.25) is 0 Å².